The van der Waals surface area contributed by atoms with Gasteiger partial charge in [0.15, 0.2) is 5.82 Å². The molecule has 0 N–H and O–H groups in total. The predicted molar refractivity (Wildman–Crippen MR) is 178 cm³/mol. The second kappa shape index (κ2) is 9.10. The average molecular weight is 554 g/mol. The van der Waals surface area contributed by atoms with Gasteiger partial charge in [0.2, 0.25) is 0 Å². The summed E-state index contributed by atoms with van der Waals surface area (Å²) >= 11 is 1.86. The molecule has 0 fully saturated rings. The van der Waals surface area contributed by atoms with Gasteiger partial charge in [0.25, 0.3) is 0 Å². The van der Waals surface area contributed by atoms with Gasteiger partial charge in [-0.25, -0.2) is 9.97 Å². The van der Waals surface area contributed by atoms with Gasteiger partial charge in [-0.05, 0) is 36.4 Å². The minimum Gasteiger partial charge on any atom is -0.309 e. The molecule has 3 heterocycles. The van der Waals surface area contributed by atoms with E-state index in [1.54, 1.807) is 0 Å². The number of benzene rings is 6. The molecule has 0 aliphatic rings. The number of hydrogen-bond acceptors (Lipinski definition) is 3. The molecule has 9 aromatic rings. The molecule has 0 bridgehead atoms. The van der Waals surface area contributed by atoms with Crippen molar-refractivity contribution in [3.63, 3.8) is 0 Å². The topological polar surface area (TPSA) is 30.7 Å². The minimum absolute atomic E-state index is 0.734. The van der Waals surface area contributed by atoms with Crippen LogP contribution in [0.3, 0.4) is 0 Å². The molecule has 9 rings (SSSR count). The van der Waals surface area contributed by atoms with Crippen LogP contribution in [-0.2, 0) is 0 Å². The van der Waals surface area contributed by atoms with E-state index in [2.05, 4.69) is 120 Å². The molecule has 0 saturated carbocycles. The van der Waals surface area contributed by atoms with E-state index in [4.69, 9.17) is 9.97 Å². The second-order valence-corrected chi connectivity index (χ2v) is 11.7. The first-order valence-electron chi connectivity index (χ1n) is 14.1. The van der Waals surface area contributed by atoms with Crippen LogP contribution in [0.1, 0.15) is 0 Å². The Morgan fingerprint density at radius 1 is 0.500 bits per heavy atom. The fourth-order valence-corrected chi connectivity index (χ4v) is 7.45. The fourth-order valence-electron chi connectivity index (χ4n) is 6.34. The summed E-state index contributed by atoms with van der Waals surface area (Å²) in [6.45, 7) is 0. The van der Waals surface area contributed by atoms with Crippen molar-refractivity contribution in [1.29, 1.82) is 0 Å². The Hall–Kier alpha value is -5.32. The monoisotopic (exact) mass is 553 g/mol. The number of fused-ring (bicyclic) bond motifs is 8. The van der Waals surface area contributed by atoms with Crippen molar-refractivity contribution >= 4 is 64.2 Å². The number of aromatic nitrogens is 3. The first-order chi connectivity index (χ1) is 20.8. The highest BCUT2D eigenvalue weighted by Crippen LogP contribution is 2.43. The summed E-state index contributed by atoms with van der Waals surface area (Å²) in [6.07, 6.45) is 0. The Bertz CT molecular complexity index is 2470. The van der Waals surface area contributed by atoms with Crippen molar-refractivity contribution in [2.45, 2.75) is 0 Å². The zero-order valence-electron chi connectivity index (χ0n) is 22.5. The molecule has 0 saturated heterocycles. The lowest BCUT2D eigenvalue weighted by Crippen LogP contribution is -1.97. The quantitative estimate of drug-likeness (QED) is 0.218. The lowest BCUT2D eigenvalue weighted by Gasteiger charge is -2.13. The second-order valence-electron chi connectivity index (χ2n) is 10.6. The maximum atomic E-state index is 5.15. The van der Waals surface area contributed by atoms with Gasteiger partial charge in [0, 0.05) is 53.1 Å². The minimum atomic E-state index is 0.734. The van der Waals surface area contributed by atoms with Gasteiger partial charge in [-0.1, -0.05) is 103 Å². The lowest BCUT2D eigenvalue weighted by atomic mass is 10.0. The molecule has 0 spiro atoms. The Morgan fingerprint density at radius 2 is 1.24 bits per heavy atom. The van der Waals surface area contributed by atoms with Gasteiger partial charge in [0.1, 0.15) is 0 Å². The molecular formula is C38H23N3S. The van der Waals surface area contributed by atoms with Crippen molar-refractivity contribution in [3.8, 4) is 28.3 Å². The molecule has 0 atom stereocenters. The number of rotatable bonds is 3. The Kier molecular flexibility index (Phi) is 5.07. The number of nitrogens with zero attached hydrogens (tertiary/aromatic N) is 3. The third kappa shape index (κ3) is 3.46. The molecule has 0 unspecified atom stereocenters. The van der Waals surface area contributed by atoms with Crippen LogP contribution in [0.5, 0.6) is 0 Å². The number of hydrogen-bond donors (Lipinski definition) is 0. The van der Waals surface area contributed by atoms with Crippen molar-refractivity contribution in [1.82, 2.24) is 14.5 Å². The van der Waals surface area contributed by atoms with E-state index in [0.29, 0.717) is 0 Å². The molecule has 0 radical (unpaired) electrons. The van der Waals surface area contributed by atoms with E-state index in [-0.39, 0.29) is 0 Å². The van der Waals surface area contributed by atoms with E-state index in [1.165, 1.54) is 42.0 Å². The molecule has 4 heteroatoms. The van der Waals surface area contributed by atoms with Crippen LogP contribution in [-0.4, -0.2) is 14.5 Å². The Labute approximate surface area is 246 Å². The zero-order valence-corrected chi connectivity index (χ0v) is 23.3. The van der Waals surface area contributed by atoms with E-state index >= 15 is 0 Å². The summed E-state index contributed by atoms with van der Waals surface area (Å²) in [5.74, 6) is 0.734. The highest BCUT2D eigenvalue weighted by atomic mass is 32.1. The van der Waals surface area contributed by atoms with Crippen LogP contribution >= 0.6 is 11.3 Å². The van der Waals surface area contributed by atoms with Crippen molar-refractivity contribution in [2.75, 3.05) is 0 Å². The van der Waals surface area contributed by atoms with Crippen LogP contribution in [0.15, 0.2) is 140 Å². The van der Waals surface area contributed by atoms with Crippen LogP contribution in [0.4, 0.5) is 0 Å². The van der Waals surface area contributed by atoms with Crippen LogP contribution in [0.2, 0.25) is 0 Å². The number of para-hydroxylation sites is 2. The van der Waals surface area contributed by atoms with Gasteiger partial charge in [-0.3, -0.25) is 0 Å². The first-order valence-corrected chi connectivity index (χ1v) is 14.9. The molecule has 42 heavy (non-hydrogen) atoms. The summed E-state index contributed by atoms with van der Waals surface area (Å²) in [6, 6.07) is 49.4. The maximum Gasteiger partial charge on any atom is 0.160 e. The third-order valence-corrected chi connectivity index (χ3v) is 9.32. The van der Waals surface area contributed by atoms with E-state index < -0.39 is 0 Å². The lowest BCUT2D eigenvalue weighted by molar-refractivity contribution is 1.18. The zero-order chi connectivity index (χ0) is 27.6. The van der Waals surface area contributed by atoms with Crippen LogP contribution < -0.4 is 0 Å². The van der Waals surface area contributed by atoms with Gasteiger partial charge >= 0.3 is 0 Å². The third-order valence-electron chi connectivity index (χ3n) is 8.19. The average Bonchev–Trinajstić information content (AvgIpc) is 3.60. The SMILES string of the molecule is c1ccc(-c2nc(-c3cccc(-n4c5ccccc5c5ccc6sc7ccccc7c6c54)c3)c3ccccc3n2)cc1. The smallest absolute Gasteiger partial charge is 0.160 e. The molecule has 6 aromatic carbocycles. The van der Waals surface area contributed by atoms with E-state index in [0.717, 1.165) is 39.2 Å². The summed E-state index contributed by atoms with van der Waals surface area (Å²) in [5, 5.41) is 6.19. The standard InChI is InChI=1S/C38H23N3S/c1-2-11-24(12-3-1)38-39-31-18-7-4-16-29(31)36(40-38)25-13-10-14-26(23-25)41-32-19-8-5-15-27(32)28-21-22-34-35(37(28)41)30-17-6-9-20-33(30)42-34/h1-23H. The largest absolute Gasteiger partial charge is 0.309 e. The van der Waals surface area contributed by atoms with Gasteiger partial charge in [-0.15, -0.1) is 11.3 Å². The number of thiophene rings is 1. The molecule has 0 amide bonds. The van der Waals surface area contributed by atoms with E-state index in [9.17, 15) is 0 Å². The predicted octanol–water partition coefficient (Wildman–Crippen LogP) is 10.4. The highest BCUT2D eigenvalue weighted by Gasteiger charge is 2.19. The van der Waals surface area contributed by atoms with Gasteiger partial charge < -0.3 is 4.57 Å². The molecule has 196 valence electrons. The summed E-state index contributed by atoms with van der Waals surface area (Å²) in [4.78, 5) is 10.1. The molecular weight excluding hydrogens is 531 g/mol. The molecule has 0 aliphatic carbocycles. The molecule has 0 aliphatic heterocycles. The highest BCUT2D eigenvalue weighted by molar-refractivity contribution is 7.26. The maximum absolute atomic E-state index is 5.15. The van der Waals surface area contributed by atoms with E-state index in [1.807, 2.05) is 35.6 Å². The van der Waals surface area contributed by atoms with Gasteiger partial charge in [0.05, 0.1) is 22.2 Å². The van der Waals surface area contributed by atoms with Crippen LogP contribution in [0.25, 0.3) is 81.2 Å². The van der Waals surface area contributed by atoms with Crippen LogP contribution in [0, 0.1) is 0 Å². The normalized spacial score (nSPS) is 11.8. The summed E-state index contributed by atoms with van der Waals surface area (Å²) in [5.41, 5.74) is 7.52. The molecule has 3 aromatic heterocycles. The Balaban J connectivity index is 1.36. The molecule has 3 nitrogen and oxygen atoms in total. The van der Waals surface area contributed by atoms with Crippen molar-refractivity contribution < 1.29 is 0 Å². The van der Waals surface area contributed by atoms with Crippen molar-refractivity contribution in [2.24, 2.45) is 0 Å². The summed E-state index contributed by atoms with van der Waals surface area (Å²) < 4.78 is 5.06. The van der Waals surface area contributed by atoms with Crippen molar-refractivity contribution in [3.05, 3.63) is 140 Å². The first kappa shape index (κ1) is 23.4. The summed E-state index contributed by atoms with van der Waals surface area (Å²) in [7, 11) is 0. The van der Waals surface area contributed by atoms with Gasteiger partial charge in [-0.2, -0.15) is 0 Å². The Morgan fingerprint density at radius 3 is 2.14 bits per heavy atom. The fraction of sp³-hybridized carbons (Fsp3) is 0.